The topological polar surface area (TPSA) is 68.7 Å². The van der Waals surface area contributed by atoms with Crippen molar-refractivity contribution in [1.82, 2.24) is 4.98 Å². The number of fused-ring (bicyclic) bond motifs is 1. The summed E-state index contributed by atoms with van der Waals surface area (Å²) in [6, 6.07) is 16.3. The van der Waals surface area contributed by atoms with E-state index < -0.39 is 12.1 Å². The molecule has 6 heteroatoms. The number of hydrogen-bond acceptors (Lipinski definition) is 4. The van der Waals surface area contributed by atoms with Gasteiger partial charge in [0, 0.05) is 15.9 Å². The van der Waals surface area contributed by atoms with Crippen molar-refractivity contribution in [3.05, 3.63) is 59.1 Å². The minimum absolute atomic E-state index is 0.466. The van der Waals surface area contributed by atoms with Gasteiger partial charge in [-0.3, -0.25) is 0 Å². The first kappa shape index (κ1) is 16.3. The summed E-state index contributed by atoms with van der Waals surface area (Å²) in [6.45, 7) is 1.48. The zero-order chi connectivity index (χ0) is 17.1. The zero-order valence-electron chi connectivity index (χ0n) is 12.8. The van der Waals surface area contributed by atoms with Crippen molar-refractivity contribution in [2.45, 2.75) is 13.0 Å². The van der Waals surface area contributed by atoms with Gasteiger partial charge in [0.05, 0.1) is 5.52 Å². The van der Waals surface area contributed by atoms with Gasteiger partial charge in [-0.2, -0.15) is 0 Å². The molecule has 0 radical (unpaired) electrons. The molecule has 3 aromatic rings. The minimum atomic E-state index is -1.01. The van der Waals surface area contributed by atoms with E-state index in [4.69, 9.17) is 14.6 Å². The number of hydrogen-bond donors (Lipinski definition) is 1. The summed E-state index contributed by atoms with van der Waals surface area (Å²) in [5.41, 5.74) is 0.839. The van der Waals surface area contributed by atoms with E-state index in [-0.39, 0.29) is 0 Å². The van der Waals surface area contributed by atoms with Crippen LogP contribution < -0.4 is 9.47 Å². The monoisotopic (exact) mass is 387 g/mol. The third-order valence-electron chi connectivity index (χ3n) is 3.33. The van der Waals surface area contributed by atoms with Crippen molar-refractivity contribution in [2.24, 2.45) is 0 Å². The summed E-state index contributed by atoms with van der Waals surface area (Å²) in [5.74, 6) is 0.530. The standard InChI is InChI=1S/C18H14BrNO4/c1-11(18(21)22)23-14-4-6-15(7-5-14)24-17-9-2-12-10-13(19)3-8-16(12)20-17/h2-11H,1H3,(H,21,22). The highest BCUT2D eigenvalue weighted by atomic mass is 79.9. The predicted octanol–water partition coefficient (Wildman–Crippen LogP) is 4.64. The molecule has 1 heterocycles. The molecule has 0 bridgehead atoms. The Morgan fingerprint density at radius 1 is 1.08 bits per heavy atom. The van der Waals surface area contributed by atoms with Crippen molar-refractivity contribution in [1.29, 1.82) is 0 Å². The number of carbonyl (C=O) groups is 1. The van der Waals surface area contributed by atoms with Gasteiger partial charge in [-0.25, -0.2) is 9.78 Å². The van der Waals surface area contributed by atoms with Crippen molar-refractivity contribution in [3.63, 3.8) is 0 Å². The van der Waals surface area contributed by atoms with Crippen LogP contribution in [0.4, 0.5) is 0 Å². The summed E-state index contributed by atoms with van der Waals surface area (Å²) in [6.07, 6.45) is -0.904. The molecule has 3 rings (SSSR count). The van der Waals surface area contributed by atoms with Crippen LogP contribution in [-0.4, -0.2) is 22.2 Å². The van der Waals surface area contributed by atoms with Crippen molar-refractivity contribution in [3.8, 4) is 17.4 Å². The average molecular weight is 388 g/mol. The van der Waals surface area contributed by atoms with E-state index in [1.807, 2.05) is 24.3 Å². The van der Waals surface area contributed by atoms with E-state index in [2.05, 4.69) is 20.9 Å². The predicted molar refractivity (Wildman–Crippen MR) is 93.7 cm³/mol. The largest absolute Gasteiger partial charge is 0.479 e. The SMILES string of the molecule is CC(Oc1ccc(Oc2ccc3cc(Br)ccc3n2)cc1)C(=O)O. The molecule has 1 aromatic heterocycles. The number of halogens is 1. The molecule has 1 atom stereocenters. The Balaban J connectivity index is 1.74. The van der Waals surface area contributed by atoms with Crippen LogP contribution in [0, 0.1) is 0 Å². The Labute approximate surface area is 147 Å². The van der Waals surface area contributed by atoms with Gasteiger partial charge in [-0.15, -0.1) is 0 Å². The van der Waals surface area contributed by atoms with Crippen LogP contribution in [0.1, 0.15) is 6.92 Å². The van der Waals surface area contributed by atoms with Crippen LogP contribution in [-0.2, 0) is 4.79 Å². The van der Waals surface area contributed by atoms with Crippen LogP contribution in [0.15, 0.2) is 59.1 Å². The van der Waals surface area contributed by atoms with Crippen molar-refractivity contribution < 1.29 is 19.4 Å². The Morgan fingerprint density at radius 3 is 2.50 bits per heavy atom. The second kappa shape index (κ2) is 6.88. The lowest BCUT2D eigenvalue weighted by Gasteiger charge is -2.11. The number of aliphatic carboxylic acids is 1. The van der Waals surface area contributed by atoms with E-state index in [9.17, 15) is 4.79 Å². The van der Waals surface area contributed by atoms with Crippen LogP contribution >= 0.6 is 15.9 Å². The number of rotatable bonds is 5. The first-order valence-electron chi connectivity index (χ1n) is 7.25. The highest BCUT2D eigenvalue weighted by Gasteiger charge is 2.12. The summed E-state index contributed by atoms with van der Waals surface area (Å²) in [7, 11) is 0. The van der Waals surface area contributed by atoms with E-state index in [1.165, 1.54) is 6.92 Å². The van der Waals surface area contributed by atoms with E-state index in [0.29, 0.717) is 17.4 Å². The Kier molecular flexibility index (Phi) is 4.66. The molecule has 0 amide bonds. The lowest BCUT2D eigenvalue weighted by molar-refractivity contribution is -0.144. The normalized spacial score (nSPS) is 11.9. The van der Waals surface area contributed by atoms with Crippen LogP contribution in [0.5, 0.6) is 17.4 Å². The van der Waals surface area contributed by atoms with Gasteiger partial charge in [-0.05, 0) is 55.5 Å². The van der Waals surface area contributed by atoms with Gasteiger partial charge in [0.15, 0.2) is 6.10 Å². The number of ether oxygens (including phenoxy) is 2. The van der Waals surface area contributed by atoms with Crippen molar-refractivity contribution >= 4 is 32.8 Å². The van der Waals surface area contributed by atoms with Gasteiger partial charge in [-0.1, -0.05) is 15.9 Å². The number of aromatic nitrogens is 1. The fourth-order valence-corrected chi connectivity index (χ4v) is 2.47. The second-order valence-electron chi connectivity index (χ2n) is 5.16. The molecular formula is C18H14BrNO4. The van der Waals surface area contributed by atoms with Gasteiger partial charge in [0.1, 0.15) is 11.5 Å². The number of nitrogens with zero attached hydrogens (tertiary/aromatic N) is 1. The van der Waals surface area contributed by atoms with E-state index >= 15 is 0 Å². The molecule has 0 aliphatic carbocycles. The Hall–Kier alpha value is -2.60. The van der Waals surface area contributed by atoms with E-state index in [0.717, 1.165) is 15.4 Å². The fourth-order valence-electron chi connectivity index (χ4n) is 2.10. The van der Waals surface area contributed by atoms with Crippen molar-refractivity contribution in [2.75, 3.05) is 0 Å². The molecular weight excluding hydrogens is 374 g/mol. The lowest BCUT2D eigenvalue weighted by Crippen LogP contribution is -2.22. The first-order valence-corrected chi connectivity index (χ1v) is 8.04. The minimum Gasteiger partial charge on any atom is -0.479 e. The van der Waals surface area contributed by atoms with Crippen LogP contribution in [0.3, 0.4) is 0 Å². The van der Waals surface area contributed by atoms with Gasteiger partial charge < -0.3 is 14.6 Å². The molecule has 5 nitrogen and oxygen atoms in total. The molecule has 1 unspecified atom stereocenters. The van der Waals surface area contributed by atoms with Gasteiger partial charge in [0.2, 0.25) is 5.88 Å². The highest BCUT2D eigenvalue weighted by Crippen LogP contribution is 2.26. The summed E-state index contributed by atoms with van der Waals surface area (Å²) in [4.78, 5) is 15.2. The molecule has 0 aliphatic heterocycles. The number of carboxylic acid groups (broad SMARTS) is 1. The smallest absolute Gasteiger partial charge is 0.344 e. The molecule has 0 fully saturated rings. The first-order chi connectivity index (χ1) is 11.5. The summed E-state index contributed by atoms with van der Waals surface area (Å²) in [5, 5.41) is 9.85. The average Bonchev–Trinajstić information content (AvgIpc) is 2.56. The maximum atomic E-state index is 10.8. The second-order valence-corrected chi connectivity index (χ2v) is 6.07. The molecule has 1 N–H and O–H groups in total. The maximum absolute atomic E-state index is 10.8. The third-order valence-corrected chi connectivity index (χ3v) is 3.83. The lowest BCUT2D eigenvalue weighted by atomic mass is 10.2. The molecule has 0 saturated heterocycles. The number of benzene rings is 2. The molecule has 0 saturated carbocycles. The number of pyridine rings is 1. The Bertz CT molecular complexity index is 880. The summed E-state index contributed by atoms with van der Waals surface area (Å²) < 4.78 is 12.0. The molecule has 24 heavy (non-hydrogen) atoms. The van der Waals surface area contributed by atoms with Gasteiger partial charge in [0.25, 0.3) is 0 Å². The zero-order valence-corrected chi connectivity index (χ0v) is 14.4. The van der Waals surface area contributed by atoms with Crippen LogP contribution in [0.25, 0.3) is 10.9 Å². The molecule has 122 valence electrons. The Morgan fingerprint density at radius 2 is 1.79 bits per heavy atom. The maximum Gasteiger partial charge on any atom is 0.344 e. The van der Waals surface area contributed by atoms with Gasteiger partial charge >= 0.3 is 5.97 Å². The molecule has 0 spiro atoms. The quantitative estimate of drug-likeness (QED) is 0.690. The fraction of sp³-hybridized carbons (Fsp3) is 0.111. The van der Waals surface area contributed by atoms with E-state index in [1.54, 1.807) is 30.3 Å². The molecule has 2 aromatic carbocycles. The third kappa shape index (κ3) is 3.83. The number of carboxylic acids is 1. The molecule has 0 aliphatic rings. The summed E-state index contributed by atoms with van der Waals surface area (Å²) >= 11 is 3.43. The van der Waals surface area contributed by atoms with Crippen LogP contribution in [0.2, 0.25) is 0 Å². The highest BCUT2D eigenvalue weighted by molar-refractivity contribution is 9.10.